The van der Waals surface area contributed by atoms with Crippen molar-refractivity contribution in [2.75, 3.05) is 23.4 Å². The summed E-state index contributed by atoms with van der Waals surface area (Å²) < 4.78 is 40.1. The van der Waals surface area contributed by atoms with Crippen LogP contribution in [-0.4, -0.2) is 34.3 Å². The molecule has 0 atom stereocenters. The lowest BCUT2D eigenvalue weighted by molar-refractivity contribution is 0.287. The number of nitrogens with one attached hydrogen (secondary N) is 1. The fourth-order valence-electron chi connectivity index (χ4n) is 3.68. The van der Waals surface area contributed by atoms with E-state index in [-0.39, 0.29) is 23.4 Å². The monoisotopic (exact) mass is 423 g/mol. The van der Waals surface area contributed by atoms with E-state index in [1.807, 2.05) is 24.8 Å². The summed E-state index contributed by atoms with van der Waals surface area (Å²) in [5.74, 6) is -0.837. The van der Waals surface area contributed by atoms with E-state index in [1.165, 1.54) is 6.07 Å². The van der Waals surface area contributed by atoms with Gasteiger partial charge in [0.05, 0.1) is 24.6 Å². The minimum Gasteiger partial charge on any atom is -0.486 e. The lowest BCUT2D eigenvalue weighted by Gasteiger charge is -2.34. The van der Waals surface area contributed by atoms with Crippen LogP contribution in [0, 0.1) is 11.6 Å². The Hall–Kier alpha value is -3.75. The van der Waals surface area contributed by atoms with Gasteiger partial charge in [0.25, 0.3) is 0 Å². The third kappa shape index (κ3) is 3.52. The first-order valence-corrected chi connectivity index (χ1v) is 9.87. The zero-order valence-corrected chi connectivity index (χ0v) is 16.9. The number of rotatable bonds is 4. The predicted molar refractivity (Wildman–Crippen MR) is 113 cm³/mol. The summed E-state index contributed by atoms with van der Waals surface area (Å²) in [6.07, 6.45) is 2.66. The second kappa shape index (κ2) is 7.50. The van der Waals surface area contributed by atoms with Crippen LogP contribution in [-0.2, 0) is 0 Å². The van der Waals surface area contributed by atoms with Gasteiger partial charge in [-0.2, -0.15) is 0 Å². The summed E-state index contributed by atoms with van der Waals surface area (Å²) in [6.45, 7) is 5.05. The lowest BCUT2D eigenvalue weighted by atomic mass is 10.1. The minimum absolute atomic E-state index is 0.000430. The maximum atomic E-state index is 14.8. The van der Waals surface area contributed by atoms with Crippen molar-refractivity contribution in [2.24, 2.45) is 0 Å². The Balaban J connectivity index is 1.53. The number of fused-ring (bicyclic) bond motifs is 2. The van der Waals surface area contributed by atoms with Gasteiger partial charge in [0.1, 0.15) is 12.3 Å². The predicted octanol–water partition coefficient (Wildman–Crippen LogP) is 4.91. The van der Waals surface area contributed by atoms with Crippen LogP contribution in [0.25, 0.3) is 22.2 Å². The summed E-state index contributed by atoms with van der Waals surface area (Å²) in [6, 6.07) is 8.42. The van der Waals surface area contributed by atoms with Crippen LogP contribution in [0.3, 0.4) is 0 Å². The second-order valence-electron chi connectivity index (χ2n) is 7.54. The quantitative estimate of drug-likeness (QED) is 0.500. The Kier molecular flexibility index (Phi) is 4.65. The molecule has 5 rings (SSSR count). The molecule has 0 spiro atoms. The van der Waals surface area contributed by atoms with Crippen molar-refractivity contribution < 1.29 is 18.0 Å². The Morgan fingerprint density at radius 1 is 1.10 bits per heavy atom. The summed E-state index contributed by atoms with van der Waals surface area (Å²) >= 11 is 0. The molecular weight excluding hydrogens is 404 g/mol. The number of nitrogens with zero attached hydrogens (tertiary/aromatic N) is 4. The first-order chi connectivity index (χ1) is 15.0. The first kappa shape index (κ1) is 19.2. The second-order valence-corrected chi connectivity index (χ2v) is 7.54. The zero-order chi connectivity index (χ0) is 21.5. The molecule has 3 heterocycles. The average molecular weight is 423 g/mol. The zero-order valence-electron chi connectivity index (χ0n) is 16.9. The Labute approximate surface area is 176 Å². The van der Waals surface area contributed by atoms with E-state index in [1.54, 1.807) is 24.4 Å². The van der Waals surface area contributed by atoms with E-state index in [2.05, 4.69) is 20.4 Å². The lowest BCUT2D eigenvalue weighted by Crippen LogP contribution is -2.38. The molecule has 0 bridgehead atoms. The van der Waals surface area contributed by atoms with Gasteiger partial charge in [-0.05, 0) is 44.2 Å². The number of halogens is 2. The molecule has 0 amide bonds. The van der Waals surface area contributed by atoms with E-state index in [0.717, 1.165) is 11.6 Å². The number of aromatic nitrogens is 3. The van der Waals surface area contributed by atoms with E-state index in [9.17, 15) is 8.78 Å². The van der Waals surface area contributed by atoms with Gasteiger partial charge in [-0.25, -0.2) is 18.7 Å². The third-order valence-corrected chi connectivity index (χ3v) is 5.16. The molecular formula is C22H19F2N5O2. The van der Waals surface area contributed by atoms with Gasteiger partial charge in [0, 0.05) is 22.7 Å². The van der Waals surface area contributed by atoms with E-state index in [4.69, 9.17) is 9.26 Å². The first-order valence-electron chi connectivity index (χ1n) is 9.87. The van der Waals surface area contributed by atoms with Gasteiger partial charge in [-0.15, -0.1) is 0 Å². The molecule has 9 heteroatoms. The maximum absolute atomic E-state index is 14.8. The molecule has 4 aromatic rings. The SMILES string of the molecule is CC(C)N1CCOc2c(F)cc(-c3nc(Nc4ccc5oncc5c4)ncc3F)cc21. The van der Waals surface area contributed by atoms with Crippen LogP contribution in [0.15, 0.2) is 47.2 Å². The Morgan fingerprint density at radius 2 is 1.97 bits per heavy atom. The Bertz CT molecular complexity index is 1270. The van der Waals surface area contributed by atoms with Gasteiger partial charge < -0.3 is 19.5 Å². The highest BCUT2D eigenvalue weighted by Crippen LogP contribution is 2.39. The summed E-state index contributed by atoms with van der Waals surface area (Å²) in [5, 5.41) is 7.59. The summed E-state index contributed by atoms with van der Waals surface area (Å²) in [7, 11) is 0. The van der Waals surface area contributed by atoms with Gasteiger partial charge in [0.2, 0.25) is 5.95 Å². The van der Waals surface area contributed by atoms with Crippen molar-refractivity contribution >= 4 is 28.3 Å². The molecule has 0 unspecified atom stereocenters. The molecule has 0 saturated heterocycles. The molecule has 1 N–H and O–H groups in total. The largest absolute Gasteiger partial charge is 0.486 e. The van der Waals surface area contributed by atoms with Crippen LogP contribution in [0.5, 0.6) is 5.75 Å². The topological polar surface area (TPSA) is 76.3 Å². The molecule has 1 aliphatic rings. The minimum atomic E-state index is -0.646. The molecule has 0 fully saturated rings. The van der Waals surface area contributed by atoms with Gasteiger partial charge in [-0.3, -0.25) is 0 Å². The standard InChI is InChI=1S/C22H19F2N5O2/c1-12(2)29-5-6-30-21-16(23)8-13(9-18(21)29)20-17(24)11-25-22(28-20)27-15-3-4-19-14(7-15)10-26-31-19/h3-4,7-12H,5-6H2,1-2H3,(H,25,27,28). The molecule has 2 aromatic carbocycles. The maximum Gasteiger partial charge on any atom is 0.227 e. The number of ether oxygens (including phenoxy) is 1. The van der Waals surface area contributed by atoms with Crippen molar-refractivity contribution in [3.05, 3.63) is 54.4 Å². The van der Waals surface area contributed by atoms with E-state index >= 15 is 0 Å². The average Bonchev–Trinajstić information content (AvgIpc) is 3.22. The smallest absolute Gasteiger partial charge is 0.227 e. The highest BCUT2D eigenvalue weighted by Gasteiger charge is 2.25. The molecule has 2 aromatic heterocycles. The van der Waals surface area contributed by atoms with Crippen LogP contribution in [0.1, 0.15) is 13.8 Å². The normalized spacial score (nSPS) is 13.4. The fraction of sp³-hybridized carbons (Fsp3) is 0.227. The van der Waals surface area contributed by atoms with E-state index < -0.39 is 11.6 Å². The van der Waals surface area contributed by atoms with Crippen molar-refractivity contribution in [2.45, 2.75) is 19.9 Å². The fourth-order valence-corrected chi connectivity index (χ4v) is 3.68. The van der Waals surface area contributed by atoms with Crippen LogP contribution in [0.2, 0.25) is 0 Å². The van der Waals surface area contributed by atoms with E-state index in [0.29, 0.717) is 35.7 Å². The molecule has 1 aliphatic heterocycles. The van der Waals surface area contributed by atoms with Crippen molar-refractivity contribution in [3.8, 4) is 17.0 Å². The van der Waals surface area contributed by atoms with Crippen LogP contribution in [0.4, 0.5) is 26.1 Å². The summed E-state index contributed by atoms with van der Waals surface area (Å²) in [4.78, 5) is 10.3. The molecule has 31 heavy (non-hydrogen) atoms. The number of benzene rings is 2. The number of anilines is 3. The summed E-state index contributed by atoms with van der Waals surface area (Å²) in [5.41, 5.74) is 2.23. The van der Waals surface area contributed by atoms with Crippen molar-refractivity contribution in [1.29, 1.82) is 0 Å². The Morgan fingerprint density at radius 3 is 2.81 bits per heavy atom. The van der Waals surface area contributed by atoms with Gasteiger partial charge in [-0.1, -0.05) is 5.16 Å². The number of hydrogen-bond acceptors (Lipinski definition) is 7. The molecule has 0 radical (unpaired) electrons. The van der Waals surface area contributed by atoms with Crippen LogP contribution >= 0.6 is 0 Å². The number of hydrogen-bond donors (Lipinski definition) is 1. The molecule has 7 nitrogen and oxygen atoms in total. The molecule has 0 saturated carbocycles. The van der Waals surface area contributed by atoms with Crippen LogP contribution < -0.4 is 15.0 Å². The highest BCUT2D eigenvalue weighted by atomic mass is 19.1. The van der Waals surface area contributed by atoms with Gasteiger partial charge >= 0.3 is 0 Å². The van der Waals surface area contributed by atoms with Gasteiger partial charge in [0.15, 0.2) is 23.0 Å². The highest BCUT2D eigenvalue weighted by molar-refractivity contribution is 5.81. The van der Waals surface area contributed by atoms with Crippen molar-refractivity contribution in [3.63, 3.8) is 0 Å². The molecule has 158 valence electrons. The van der Waals surface area contributed by atoms with Crippen molar-refractivity contribution in [1.82, 2.24) is 15.1 Å². The molecule has 0 aliphatic carbocycles. The third-order valence-electron chi connectivity index (χ3n) is 5.16.